The molecule has 0 fully saturated rings. The van der Waals surface area contributed by atoms with E-state index >= 15 is 0 Å². The van der Waals surface area contributed by atoms with E-state index in [1.54, 1.807) is 0 Å². The number of fused-ring (bicyclic) bond motifs is 3. The SMILES string of the molecule is [SiH3][SiH2]OP1Oc2ccccc2-c2ccccc21. The van der Waals surface area contributed by atoms with Gasteiger partial charge in [0.1, 0.15) is 15.0 Å². The predicted octanol–water partition coefficient (Wildman–Crippen LogP) is 1.06. The van der Waals surface area contributed by atoms with E-state index in [0.29, 0.717) is 0 Å². The van der Waals surface area contributed by atoms with Crippen LogP contribution in [0.15, 0.2) is 48.5 Å². The van der Waals surface area contributed by atoms with Gasteiger partial charge in [0.25, 0.3) is 8.38 Å². The van der Waals surface area contributed by atoms with E-state index in [0.717, 1.165) is 5.75 Å². The van der Waals surface area contributed by atoms with Crippen molar-refractivity contribution in [1.82, 2.24) is 0 Å². The van der Waals surface area contributed by atoms with Crippen molar-refractivity contribution >= 4 is 32.7 Å². The first-order valence-corrected chi connectivity index (χ1v) is 13.1. The molecule has 86 valence electrons. The Labute approximate surface area is 107 Å². The standard InChI is InChI=1S/C12H13O2PSi2/c16-17-14-15-12-8-4-2-6-10(12)9-5-1-3-7-11(9)13-15/h1-8H,17H2,16H3. The molecule has 1 unspecified atom stereocenters. The third-order valence-electron chi connectivity index (χ3n) is 2.71. The third kappa shape index (κ3) is 1.98. The predicted molar refractivity (Wildman–Crippen MR) is 78.6 cm³/mol. The first-order chi connectivity index (χ1) is 8.40. The van der Waals surface area contributed by atoms with Gasteiger partial charge in [-0.15, -0.1) is 0 Å². The van der Waals surface area contributed by atoms with Gasteiger partial charge < -0.3 is 8.74 Å². The number of benzene rings is 2. The fraction of sp³-hybridized carbons (Fsp3) is 0. The number of hydrogen-bond donors (Lipinski definition) is 0. The highest BCUT2D eigenvalue weighted by molar-refractivity contribution is 7.58. The number of hydrogen-bond acceptors (Lipinski definition) is 2. The zero-order chi connectivity index (χ0) is 11.7. The normalized spacial score (nSPS) is 17.8. The minimum Gasteiger partial charge on any atom is -0.444 e. The molecule has 0 bridgehead atoms. The zero-order valence-corrected chi connectivity index (χ0v) is 13.9. The van der Waals surface area contributed by atoms with Gasteiger partial charge in [-0.3, -0.25) is 0 Å². The molecule has 0 radical (unpaired) electrons. The van der Waals surface area contributed by atoms with Gasteiger partial charge >= 0.3 is 0 Å². The molecule has 1 atom stereocenters. The molecule has 0 aliphatic carbocycles. The Balaban J connectivity index is 2.15. The molecule has 1 aliphatic rings. The van der Waals surface area contributed by atoms with Crippen molar-refractivity contribution in [3.05, 3.63) is 48.5 Å². The molecule has 0 saturated heterocycles. The molecule has 0 amide bonds. The zero-order valence-electron chi connectivity index (χ0n) is 9.59. The minimum absolute atomic E-state index is 0.328. The van der Waals surface area contributed by atoms with Crippen LogP contribution in [0, 0.1) is 0 Å². The van der Waals surface area contributed by atoms with E-state index in [2.05, 4.69) is 36.4 Å². The summed E-state index contributed by atoms with van der Waals surface area (Å²) >= 11 is 0. The molecule has 0 N–H and O–H groups in total. The van der Waals surface area contributed by atoms with E-state index in [1.807, 2.05) is 12.1 Å². The van der Waals surface area contributed by atoms with Crippen LogP contribution in [-0.2, 0) is 4.21 Å². The van der Waals surface area contributed by atoms with E-state index in [4.69, 9.17) is 8.74 Å². The minimum atomic E-state index is -0.878. The van der Waals surface area contributed by atoms with Gasteiger partial charge in [-0.25, -0.2) is 0 Å². The van der Waals surface area contributed by atoms with Crippen LogP contribution in [0.2, 0.25) is 0 Å². The monoisotopic (exact) mass is 276 g/mol. The second-order valence-corrected chi connectivity index (χ2v) is 8.30. The lowest BCUT2D eigenvalue weighted by molar-refractivity contribution is 0.523. The third-order valence-corrected chi connectivity index (χ3v) is 8.15. The maximum Gasteiger partial charge on any atom is 0.254 e. The van der Waals surface area contributed by atoms with E-state index < -0.39 is 8.38 Å². The lowest BCUT2D eigenvalue weighted by atomic mass is 10.0. The maximum absolute atomic E-state index is 6.00. The Morgan fingerprint density at radius 1 is 1.00 bits per heavy atom. The molecule has 1 heterocycles. The molecule has 5 heteroatoms. The molecule has 2 aromatic carbocycles. The van der Waals surface area contributed by atoms with Crippen LogP contribution in [0.3, 0.4) is 0 Å². The summed E-state index contributed by atoms with van der Waals surface area (Å²) in [6.45, 7) is 0. The van der Waals surface area contributed by atoms with Crippen molar-refractivity contribution in [1.29, 1.82) is 0 Å². The molecule has 3 rings (SSSR count). The van der Waals surface area contributed by atoms with Crippen molar-refractivity contribution in [3.8, 4) is 16.9 Å². The highest BCUT2D eigenvalue weighted by Crippen LogP contribution is 2.48. The summed E-state index contributed by atoms with van der Waals surface area (Å²) in [5.41, 5.74) is 2.45. The summed E-state index contributed by atoms with van der Waals surface area (Å²) in [5, 5.41) is 1.23. The summed E-state index contributed by atoms with van der Waals surface area (Å²) in [4.78, 5) is 0. The van der Waals surface area contributed by atoms with Crippen LogP contribution in [0.4, 0.5) is 0 Å². The van der Waals surface area contributed by atoms with Crippen molar-refractivity contribution in [2.75, 3.05) is 0 Å². The fourth-order valence-electron chi connectivity index (χ4n) is 1.98. The smallest absolute Gasteiger partial charge is 0.254 e. The Bertz CT molecular complexity index is 548. The summed E-state index contributed by atoms with van der Waals surface area (Å²) in [6, 6.07) is 16.6. The van der Waals surface area contributed by atoms with Gasteiger partial charge in [0.2, 0.25) is 0 Å². The first kappa shape index (κ1) is 11.2. The highest BCUT2D eigenvalue weighted by Gasteiger charge is 2.26. The van der Waals surface area contributed by atoms with Crippen molar-refractivity contribution in [2.24, 2.45) is 0 Å². The molecule has 2 nitrogen and oxygen atoms in total. The Kier molecular flexibility index (Phi) is 3.12. The number of rotatable bonds is 2. The van der Waals surface area contributed by atoms with Crippen molar-refractivity contribution < 1.29 is 8.74 Å². The molecule has 17 heavy (non-hydrogen) atoms. The fourth-order valence-corrected chi connectivity index (χ4v) is 6.83. The van der Waals surface area contributed by atoms with Gasteiger partial charge in [0.05, 0.1) is 0 Å². The average molecular weight is 276 g/mol. The largest absolute Gasteiger partial charge is 0.444 e. The van der Waals surface area contributed by atoms with Crippen molar-refractivity contribution in [2.45, 2.75) is 0 Å². The Morgan fingerprint density at radius 3 is 2.53 bits per heavy atom. The number of para-hydroxylation sites is 1. The average Bonchev–Trinajstić information content (AvgIpc) is 2.39. The molecular formula is C12H13O2PSi2. The quantitative estimate of drug-likeness (QED) is 0.603. The van der Waals surface area contributed by atoms with E-state index in [-0.39, 0.29) is 9.28 Å². The molecule has 2 aromatic rings. The summed E-state index contributed by atoms with van der Waals surface area (Å²) in [7, 11) is -0.0318. The second-order valence-electron chi connectivity index (χ2n) is 3.78. The Morgan fingerprint density at radius 2 is 1.71 bits per heavy atom. The van der Waals surface area contributed by atoms with E-state index in [1.165, 1.54) is 26.2 Å². The topological polar surface area (TPSA) is 18.5 Å². The van der Waals surface area contributed by atoms with Crippen LogP contribution in [-0.4, -0.2) is 19.0 Å². The summed E-state index contributed by atoms with van der Waals surface area (Å²) in [6.07, 6.45) is 0. The van der Waals surface area contributed by atoms with Crippen LogP contribution < -0.4 is 9.83 Å². The summed E-state index contributed by atoms with van der Waals surface area (Å²) < 4.78 is 11.9. The van der Waals surface area contributed by atoms with E-state index in [9.17, 15) is 0 Å². The highest BCUT2D eigenvalue weighted by atomic mass is 31.2. The molecule has 0 aromatic heterocycles. The van der Waals surface area contributed by atoms with Crippen LogP contribution in [0.25, 0.3) is 11.1 Å². The molecule has 1 aliphatic heterocycles. The molecule has 0 saturated carbocycles. The van der Waals surface area contributed by atoms with Crippen LogP contribution in [0.5, 0.6) is 5.75 Å². The second kappa shape index (κ2) is 4.74. The van der Waals surface area contributed by atoms with Gasteiger partial charge in [-0.2, -0.15) is 0 Å². The first-order valence-electron chi connectivity index (χ1n) is 5.69. The van der Waals surface area contributed by atoms with Crippen LogP contribution >= 0.6 is 8.38 Å². The van der Waals surface area contributed by atoms with Gasteiger partial charge in [-0.1, -0.05) is 36.4 Å². The molecular weight excluding hydrogens is 263 g/mol. The van der Waals surface area contributed by atoms with Crippen molar-refractivity contribution in [3.63, 3.8) is 0 Å². The van der Waals surface area contributed by atoms with Gasteiger partial charge in [-0.05, 0) is 17.7 Å². The van der Waals surface area contributed by atoms with Gasteiger partial charge in [0, 0.05) is 20.6 Å². The summed E-state index contributed by atoms with van der Waals surface area (Å²) in [5.74, 6) is 0.960. The van der Waals surface area contributed by atoms with Gasteiger partial charge in [0.15, 0.2) is 0 Å². The van der Waals surface area contributed by atoms with Crippen LogP contribution in [0.1, 0.15) is 0 Å². The Hall–Kier alpha value is -0.936. The lowest BCUT2D eigenvalue weighted by Gasteiger charge is -2.27. The lowest BCUT2D eigenvalue weighted by Crippen LogP contribution is -2.16. The maximum atomic E-state index is 6.00. The molecule has 0 spiro atoms.